The van der Waals surface area contributed by atoms with Crippen LogP contribution in [0.2, 0.25) is 0 Å². The Labute approximate surface area is 163 Å². The molecule has 2 aromatic rings. The molecule has 0 radical (unpaired) electrons. The summed E-state index contributed by atoms with van der Waals surface area (Å²) in [5, 5.41) is 18.6. The molecule has 0 saturated carbocycles. The third-order valence-corrected chi connectivity index (χ3v) is 6.14. The van der Waals surface area contributed by atoms with Crippen LogP contribution in [0.25, 0.3) is 0 Å². The zero-order chi connectivity index (χ0) is 18.8. The summed E-state index contributed by atoms with van der Waals surface area (Å²) in [6.45, 7) is 4.08. The molecule has 6 nitrogen and oxygen atoms in total. The Balaban J connectivity index is 1.57. The average Bonchev–Trinajstić information content (AvgIpc) is 3.33. The number of rotatable bonds is 4. The highest BCUT2D eigenvalue weighted by Gasteiger charge is 2.35. The number of thiophene rings is 1. The molecular weight excluding hydrogens is 360 g/mol. The molecule has 0 bridgehead atoms. The van der Waals surface area contributed by atoms with Crippen molar-refractivity contribution in [2.45, 2.75) is 12.5 Å². The fourth-order valence-electron chi connectivity index (χ4n) is 3.61. The summed E-state index contributed by atoms with van der Waals surface area (Å²) in [6.07, 6.45) is 0.618. The lowest BCUT2D eigenvalue weighted by molar-refractivity contribution is -0.134. The number of aromatic hydroxyl groups is 1. The standard InChI is InChI=1S/C20H24N4O2S/c1-22-8-10-23(11-9-22)14-20(26)24-17(15-5-2-3-6-18(15)25)13-16(21-24)19-7-4-12-27-19/h2-7,12,17,25H,8-11,13-14H2,1H3/t17-/m1/s1. The van der Waals surface area contributed by atoms with Crippen molar-refractivity contribution in [1.29, 1.82) is 0 Å². The molecule has 2 aliphatic heterocycles. The minimum absolute atomic E-state index is 0.0145. The van der Waals surface area contributed by atoms with Crippen LogP contribution in [0.1, 0.15) is 22.9 Å². The Morgan fingerprint density at radius 1 is 1.19 bits per heavy atom. The van der Waals surface area contributed by atoms with Gasteiger partial charge in [-0.1, -0.05) is 24.3 Å². The van der Waals surface area contributed by atoms with Gasteiger partial charge >= 0.3 is 0 Å². The van der Waals surface area contributed by atoms with Crippen LogP contribution < -0.4 is 0 Å². The molecule has 7 heteroatoms. The van der Waals surface area contributed by atoms with E-state index in [0.717, 1.165) is 42.3 Å². The first-order valence-electron chi connectivity index (χ1n) is 9.24. The van der Waals surface area contributed by atoms with E-state index in [4.69, 9.17) is 0 Å². The maximum absolute atomic E-state index is 13.1. The van der Waals surface area contributed by atoms with Gasteiger partial charge in [0.2, 0.25) is 0 Å². The number of carbonyl (C=O) groups is 1. The molecule has 2 aliphatic rings. The number of hydrazone groups is 1. The molecule has 142 valence electrons. The highest BCUT2D eigenvalue weighted by atomic mass is 32.1. The molecule has 1 saturated heterocycles. The van der Waals surface area contributed by atoms with Crippen molar-refractivity contribution < 1.29 is 9.90 Å². The maximum Gasteiger partial charge on any atom is 0.257 e. The van der Waals surface area contributed by atoms with Gasteiger partial charge < -0.3 is 10.0 Å². The molecule has 1 fully saturated rings. The van der Waals surface area contributed by atoms with Crippen LogP contribution in [-0.2, 0) is 4.79 Å². The van der Waals surface area contributed by atoms with Gasteiger partial charge in [0.25, 0.3) is 5.91 Å². The van der Waals surface area contributed by atoms with Gasteiger partial charge in [0, 0.05) is 38.2 Å². The van der Waals surface area contributed by atoms with E-state index < -0.39 is 0 Å². The zero-order valence-electron chi connectivity index (χ0n) is 15.4. The van der Waals surface area contributed by atoms with E-state index in [9.17, 15) is 9.90 Å². The van der Waals surface area contributed by atoms with Crippen LogP contribution in [0.5, 0.6) is 5.75 Å². The van der Waals surface area contributed by atoms with E-state index in [0.29, 0.717) is 13.0 Å². The number of hydrogen-bond acceptors (Lipinski definition) is 6. The number of piperazine rings is 1. The minimum Gasteiger partial charge on any atom is -0.508 e. The minimum atomic E-state index is -0.261. The van der Waals surface area contributed by atoms with Crippen molar-refractivity contribution in [3.05, 3.63) is 52.2 Å². The molecule has 0 unspecified atom stereocenters. The molecular formula is C20H24N4O2S. The summed E-state index contributed by atoms with van der Waals surface area (Å²) in [6, 6.07) is 11.0. The second kappa shape index (κ2) is 7.80. The highest BCUT2D eigenvalue weighted by Crippen LogP contribution is 2.37. The normalized spacial score (nSPS) is 21.4. The molecule has 1 N–H and O–H groups in total. The van der Waals surface area contributed by atoms with Crippen molar-refractivity contribution in [2.24, 2.45) is 5.10 Å². The molecule has 3 heterocycles. The lowest BCUT2D eigenvalue weighted by atomic mass is 10.00. The van der Waals surface area contributed by atoms with Crippen LogP contribution in [0.15, 0.2) is 46.9 Å². The Hall–Kier alpha value is -2.22. The molecule has 1 amide bonds. The second-order valence-electron chi connectivity index (χ2n) is 7.12. The smallest absolute Gasteiger partial charge is 0.257 e. The maximum atomic E-state index is 13.1. The van der Waals surface area contributed by atoms with Gasteiger partial charge in [-0.2, -0.15) is 5.10 Å². The van der Waals surface area contributed by atoms with Crippen LogP contribution in [-0.4, -0.2) is 71.3 Å². The topological polar surface area (TPSA) is 59.4 Å². The van der Waals surface area contributed by atoms with E-state index in [1.165, 1.54) is 0 Å². The van der Waals surface area contributed by atoms with Crippen molar-refractivity contribution in [1.82, 2.24) is 14.8 Å². The van der Waals surface area contributed by atoms with Gasteiger partial charge in [0.1, 0.15) is 5.75 Å². The quantitative estimate of drug-likeness (QED) is 0.879. The van der Waals surface area contributed by atoms with E-state index in [1.54, 1.807) is 28.5 Å². The number of amides is 1. The van der Waals surface area contributed by atoms with Crippen molar-refractivity contribution in [2.75, 3.05) is 39.8 Å². The Morgan fingerprint density at radius 3 is 2.67 bits per heavy atom. The summed E-state index contributed by atoms with van der Waals surface area (Å²) in [5.74, 6) is 0.196. The van der Waals surface area contributed by atoms with E-state index in [-0.39, 0.29) is 17.7 Å². The lowest BCUT2D eigenvalue weighted by Crippen LogP contribution is -2.48. The van der Waals surface area contributed by atoms with Gasteiger partial charge in [-0.25, -0.2) is 5.01 Å². The van der Waals surface area contributed by atoms with E-state index in [2.05, 4.69) is 21.9 Å². The molecule has 1 aromatic heterocycles. The number of benzene rings is 1. The van der Waals surface area contributed by atoms with Crippen molar-refractivity contribution in [3.8, 4) is 5.75 Å². The van der Waals surface area contributed by atoms with Gasteiger partial charge in [0.15, 0.2) is 0 Å². The number of nitrogens with zero attached hydrogens (tertiary/aromatic N) is 4. The zero-order valence-corrected chi connectivity index (χ0v) is 16.2. The van der Waals surface area contributed by atoms with Gasteiger partial charge in [-0.05, 0) is 24.6 Å². The first-order chi connectivity index (χ1) is 13.1. The molecule has 27 heavy (non-hydrogen) atoms. The van der Waals surface area contributed by atoms with Crippen LogP contribution >= 0.6 is 11.3 Å². The van der Waals surface area contributed by atoms with E-state index in [1.807, 2.05) is 29.6 Å². The summed E-state index contributed by atoms with van der Waals surface area (Å²) in [5.41, 5.74) is 1.66. The highest BCUT2D eigenvalue weighted by molar-refractivity contribution is 7.12. The monoisotopic (exact) mass is 384 g/mol. The third-order valence-electron chi connectivity index (χ3n) is 5.22. The number of phenols is 1. The lowest BCUT2D eigenvalue weighted by Gasteiger charge is -2.33. The number of para-hydroxylation sites is 1. The van der Waals surface area contributed by atoms with Crippen LogP contribution in [0.3, 0.4) is 0 Å². The van der Waals surface area contributed by atoms with Crippen molar-refractivity contribution in [3.63, 3.8) is 0 Å². The van der Waals surface area contributed by atoms with Gasteiger partial charge in [-0.15, -0.1) is 11.3 Å². The molecule has 0 aliphatic carbocycles. The average molecular weight is 385 g/mol. The Morgan fingerprint density at radius 2 is 1.96 bits per heavy atom. The summed E-state index contributed by atoms with van der Waals surface area (Å²) >= 11 is 1.62. The molecule has 0 spiro atoms. The third kappa shape index (κ3) is 3.90. The van der Waals surface area contributed by atoms with E-state index >= 15 is 0 Å². The summed E-state index contributed by atoms with van der Waals surface area (Å²) < 4.78 is 0. The molecule has 1 atom stereocenters. The SMILES string of the molecule is CN1CCN(CC(=O)N2N=C(c3cccs3)C[C@@H]2c2ccccc2O)CC1. The largest absolute Gasteiger partial charge is 0.508 e. The number of likely N-dealkylation sites (N-methyl/N-ethyl adjacent to an activating group) is 1. The first-order valence-corrected chi connectivity index (χ1v) is 10.1. The summed E-state index contributed by atoms with van der Waals surface area (Å²) in [4.78, 5) is 18.6. The van der Waals surface area contributed by atoms with Gasteiger partial charge in [-0.3, -0.25) is 9.69 Å². The predicted octanol–water partition coefficient (Wildman–Crippen LogP) is 2.38. The second-order valence-corrected chi connectivity index (χ2v) is 8.07. The predicted molar refractivity (Wildman–Crippen MR) is 107 cm³/mol. The molecule has 1 aromatic carbocycles. The first kappa shape index (κ1) is 18.2. The fourth-order valence-corrected chi connectivity index (χ4v) is 4.33. The Kier molecular flexibility index (Phi) is 5.24. The number of phenolic OH excluding ortho intramolecular Hbond substituents is 1. The number of hydrogen-bond donors (Lipinski definition) is 1. The van der Waals surface area contributed by atoms with Crippen LogP contribution in [0, 0.1) is 0 Å². The summed E-state index contributed by atoms with van der Waals surface area (Å²) in [7, 11) is 2.10. The Bertz CT molecular complexity index is 828. The number of carbonyl (C=O) groups excluding carboxylic acids is 1. The van der Waals surface area contributed by atoms with Crippen LogP contribution in [0.4, 0.5) is 0 Å². The molecule has 4 rings (SSSR count). The van der Waals surface area contributed by atoms with Crippen molar-refractivity contribution >= 4 is 23.0 Å². The fraction of sp³-hybridized carbons (Fsp3) is 0.400. The van der Waals surface area contributed by atoms with Gasteiger partial charge in [0.05, 0.1) is 23.2 Å².